The topological polar surface area (TPSA) is 63.2 Å². The number of hydrogen-bond acceptors (Lipinski definition) is 6. The molecule has 2 aliphatic rings. The van der Waals surface area contributed by atoms with Crippen molar-refractivity contribution in [2.24, 2.45) is 0 Å². The molecule has 0 aromatic heterocycles. The van der Waals surface area contributed by atoms with Gasteiger partial charge in [-0.15, -0.1) is 0 Å². The zero-order valence-corrected chi connectivity index (χ0v) is 12.7. The predicted molar refractivity (Wildman–Crippen MR) is 69.5 cm³/mol. The highest BCUT2D eigenvalue weighted by Crippen LogP contribution is 2.39. The molecule has 6 nitrogen and oxygen atoms in total. The van der Waals surface area contributed by atoms with Crippen LogP contribution in [0.4, 0.5) is 4.79 Å². The van der Waals surface area contributed by atoms with E-state index in [-0.39, 0.29) is 12.7 Å². The Morgan fingerprint density at radius 3 is 2.72 bits per heavy atom. The molecule has 0 spiro atoms. The van der Waals surface area contributed by atoms with Gasteiger partial charge in [-0.3, -0.25) is 0 Å². The summed E-state index contributed by atoms with van der Waals surface area (Å²) in [7, 11) is 0. The molecule has 2 fully saturated rings. The van der Waals surface area contributed by atoms with Gasteiger partial charge in [-0.25, -0.2) is 4.79 Å². The Balaban J connectivity index is 2.03. The third kappa shape index (κ3) is 2.89. The molecule has 0 amide bonds. The van der Waals surface area contributed by atoms with Crippen LogP contribution < -0.4 is 0 Å². The van der Waals surface area contributed by atoms with Crippen LogP contribution in [0.15, 0.2) is 0 Å². The van der Waals surface area contributed by atoms with Crippen LogP contribution in [0, 0.1) is 0 Å². The first-order chi connectivity index (χ1) is 8.46. The van der Waals surface area contributed by atoms with Crippen LogP contribution in [0.3, 0.4) is 0 Å². The number of alkyl halides is 1. The molecule has 0 aromatic carbocycles. The van der Waals surface area contributed by atoms with Crippen LogP contribution in [0.25, 0.3) is 0 Å². The Labute approximate surface area is 119 Å². The van der Waals surface area contributed by atoms with E-state index in [0.717, 1.165) is 0 Å². The smallest absolute Gasteiger partial charge is 0.435 e. The number of hydrogen-bond donors (Lipinski definition) is 0. The fourth-order valence-electron chi connectivity index (χ4n) is 2.08. The fraction of sp³-hybridized carbons (Fsp3) is 0.909. The lowest BCUT2D eigenvalue weighted by molar-refractivity contribution is -0.212. The van der Waals surface area contributed by atoms with Crippen molar-refractivity contribution in [3.63, 3.8) is 0 Å². The first-order valence-corrected chi connectivity index (χ1v) is 7.40. The lowest BCUT2D eigenvalue weighted by Gasteiger charge is -2.24. The van der Waals surface area contributed by atoms with Gasteiger partial charge in [0.05, 0.1) is 6.61 Å². The maximum absolute atomic E-state index is 11.4. The number of carbonyl (C=O) groups excluding carboxylic acids is 1. The van der Waals surface area contributed by atoms with Crippen molar-refractivity contribution in [3.8, 4) is 0 Å². The summed E-state index contributed by atoms with van der Waals surface area (Å²) in [5, 5.41) is 0. The fourth-order valence-corrected chi connectivity index (χ4v) is 2.79. The minimum Gasteiger partial charge on any atom is -0.435 e. The van der Waals surface area contributed by atoms with Crippen LogP contribution in [0.1, 0.15) is 20.8 Å². The first-order valence-electron chi connectivity index (χ1n) is 5.87. The molecule has 18 heavy (non-hydrogen) atoms. The number of halogens is 1. The van der Waals surface area contributed by atoms with Crippen molar-refractivity contribution >= 4 is 28.7 Å². The maximum atomic E-state index is 11.4. The van der Waals surface area contributed by atoms with Gasteiger partial charge >= 0.3 is 6.16 Å². The molecule has 7 heteroatoms. The molecule has 2 heterocycles. The summed E-state index contributed by atoms with van der Waals surface area (Å²) in [4.78, 5) is 11.4. The standard InChI is InChI=1S/C11H17IO6/c1-4-14-10(13)16-7-6(5-12)15-9-8(7)17-11(2,3)18-9/h6-9H,4-5H2,1-3H3/t6-,7+,8-,9-/m1/s1. The molecule has 0 saturated carbocycles. The Morgan fingerprint density at radius 2 is 2.11 bits per heavy atom. The lowest BCUT2D eigenvalue weighted by Crippen LogP contribution is -2.39. The highest BCUT2D eigenvalue weighted by Gasteiger charge is 2.56. The van der Waals surface area contributed by atoms with E-state index in [0.29, 0.717) is 4.43 Å². The molecule has 0 unspecified atom stereocenters. The van der Waals surface area contributed by atoms with E-state index in [9.17, 15) is 4.79 Å². The molecule has 0 bridgehead atoms. The minimum atomic E-state index is -0.720. The van der Waals surface area contributed by atoms with Crippen LogP contribution in [-0.2, 0) is 23.7 Å². The van der Waals surface area contributed by atoms with Crippen LogP contribution in [0.2, 0.25) is 0 Å². The number of fused-ring (bicyclic) bond motifs is 1. The third-order valence-corrected chi connectivity index (χ3v) is 3.60. The van der Waals surface area contributed by atoms with Crippen molar-refractivity contribution in [2.45, 2.75) is 51.2 Å². The average Bonchev–Trinajstić information content (AvgIpc) is 2.72. The first kappa shape index (κ1) is 14.3. The summed E-state index contributed by atoms with van der Waals surface area (Å²) in [6.07, 6.45) is -2.31. The van der Waals surface area contributed by atoms with E-state index < -0.39 is 30.4 Å². The van der Waals surface area contributed by atoms with Crippen molar-refractivity contribution in [2.75, 3.05) is 11.0 Å². The highest BCUT2D eigenvalue weighted by molar-refractivity contribution is 14.1. The largest absolute Gasteiger partial charge is 0.508 e. The Kier molecular flexibility index (Phi) is 4.35. The molecule has 0 radical (unpaired) electrons. The van der Waals surface area contributed by atoms with Crippen LogP contribution >= 0.6 is 22.6 Å². The second-order valence-electron chi connectivity index (χ2n) is 4.56. The van der Waals surface area contributed by atoms with Crippen molar-refractivity contribution in [1.82, 2.24) is 0 Å². The van der Waals surface area contributed by atoms with Gasteiger partial charge in [-0.1, -0.05) is 22.6 Å². The zero-order chi connectivity index (χ0) is 13.3. The van der Waals surface area contributed by atoms with E-state index >= 15 is 0 Å². The van der Waals surface area contributed by atoms with Gasteiger partial charge in [-0.2, -0.15) is 0 Å². The van der Waals surface area contributed by atoms with Crippen LogP contribution in [-0.4, -0.2) is 47.6 Å². The molecular weight excluding hydrogens is 355 g/mol. The highest BCUT2D eigenvalue weighted by atomic mass is 127. The number of carbonyl (C=O) groups is 1. The molecule has 2 saturated heterocycles. The van der Waals surface area contributed by atoms with Gasteiger partial charge in [-0.05, 0) is 20.8 Å². The average molecular weight is 372 g/mol. The Hall–Kier alpha value is -0.120. The summed E-state index contributed by atoms with van der Waals surface area (Å²) in [6, 6.07) is 0. The van der Waals surface area contributed by atoms with Crippen molar-refractivity contribution in [1.29, 1.82) is 0 Å². The van der Waals surface area contributed by atoms with Gasteiger partial charge in [0.25, 0.3) is 0 Å². The molecular formula is C11H17IO6. The van der Waals surface area contributed by atoms with Crippen LogP contribution in [0.5, 0.6) is 0 Å². The lowest BCUT2D eigenvalue weighted by atomic mass is 10.1. The summed E-state index contributed by atoms with van der Waals surface area (Å²) in [5.74, 6) is -0.720. The summed E-state index contributed by atoms with van der Waals surface area (Å²) in [5.41, 5.74) is 0. The Bertz CT molecular complexity index is 321. The molecule has 2 rings (SSSR count). The van der Waals surface area contributed by atoms with E-state index in [1.54, 1.807) is 20.8 Å². The second-order valence-corrected chi connectivity index (χ2v) is 5.44. The van der Waals surface area contributed by atoms with E-state index in [4.69, 9.17) is 23.7 Å². The number of rotatable bonds is 3. The predicted octanol–water partition coefficient (Wildman–Crippen LogP) is 1.84. The van der Waals surface area contributed by atoms with Crippen molar-refractivity contribution in [3.05, 3.63) is 0 Å². The number of ether oxygens (including phenoxy) is 5. The Morgan fingerprint density at radius 1 is 1.39 bits per heavy atom. The normalized spacial score (nSPS) is 37.3. The second kappa shape index (κ2) is 5.48. The van der Waals surface area contributed by atoms with Gasteiger partial charge in [0.15, 0.2) is 24.3 Å². The molecule has 0 N–H and O–H groups in total. The third-order valence-electron chi connectivity index (χ3n) is 2.73. The van der Waals surface area contributed by atoms with Gasteiger partial charge in [0.2, 0.25) is 0 Å². The zero-order valence-electron chi connectivity index (χ0n) is 10.6. The summed E-state index contributed by atoms with van der Waals surface area (Å²) in [6.45, 7) is 5.60. The van der Waals surface area contributed by atoms with E-state index in [1.807, 2.05) is 0 Å². The SMILES string of the molecule is CCOC(=O)O[C@@H]1[C@H]2OC(C)(C)O[C@H]2O[C@@H]1CI. The molecule has 2 aliphatic heterocycles. The van der Waals surface area contributed by atoms with Gasteiger partial charge in [0, 0.05) is 4.43 Å². The molecule has 0 aliphatic carbocycles. The molecule has 104 valence electrons. The molecule has 4 atom stereocenters. The summed E-state index contributed by atoms with van der Waals surface area (Å²) >= 11 is 2.17. The van der Waals surface area contributed by atoms with Crippen molar-refractivity contribution < 1.29 is 28.5 Å². The minimum absolute atomic E-state index is 0.235. The monoisotopic (exact) mass is 372 g/mol. The summed E-state index contributed by atoms with van der Waals surface area (Å²) < 4.78 is 27.7. The maximum Gasteiger partial charge on any atom is 0.508 e. The van der Waals surface area contributed by atoms with E-state index in [2.05, 4.69) is 22.6 Å². The van der Waals surface area contributed by atoms with E-state index in [1.165, 1.54) is 0 Å². The van der Waals surface area contributed by atoms with Gasteiger partial charge in [0.1, 0.15) is 6.10 Å². The van der Waals surface area contributed by atoms with Gasteiger partial charge < -0.3 is 23.7 Å². The molecule has 0 aromatic rings. The quantitative estimate of drug-likeness (QED) is 0.428.